The van der Waals surface area contributed by atoms with Crippen LogP contribution in [0.25, 0.3) is 11.1 Å². The molecule has 3 aromatic carbocycles. The van der Waals surface area contributed by atoms with Gasteiger partial charge in [-0.2, -0.15) is 0 Å². The van der Waals surface area contributed by atoms with Crippen LogP contribution in [0.3, 0.4) is 0 Å². The highest BCUT2D eigenvalue weighted by molar-refractivity contribution is 6.30. The molecule has 3 aromatic rings. The van der Waals surface area contributed by atoms with E-state index in [0.717, 1.165) is 23.3 Å². The Morgan fingerprint density at radius 1 is 0.581 bits per heavy atom. The molecule has 0 radical (unpaired) electrons. The fraction of sp³-hybridized carbons (Fsp3) is 0.400. The molecule has 0 saturated heterocycles. The Labute approximate surface area is 193 Å². The minimum atomic E-state index is 0.792. The zero-order chi connectivity index (χ0) is 21.5. The minimum absolute atomic E-state index is 0.792. The van der Waals surface area contributed by atoms with E-state index in [1.54, 1.807) is 0 Å². The molecule has 1 fully saturated rings. The molecule has 162 valence electrons. The van der Waals surface area contributed by atoms with Crippen molar-refractivity contribution in [2.45, 2.75) is 64.7 Å². The third-order valence-corrected chi connectivity index (χ3v) is 7.46. The summed E-state index contributed by atoms with van der Waals surface area (Å²) in [7, 11) is 0. The predicted molar refractivity (Wildman–Crippen MR) is 135 cm³/mol. The molecule has 0 atom stereocenters. The maximum Gasteiger partial charge on any atom is 0.0406 e. The van der Waals surface area contributed by atoms with Gasteiger partial charge in [0.1, 0.15) is 0 Å². The van der Waals surface area contributed by atoms with Gasteiger partial charge in [0.05, 0.1) is 0 Å². The Balaban J connectivity index is 1.18. The van der Waals surface area contributed by atoms with Crippen LogP contribution < -0.4 is 0 Å². The second kappa shape index (κ2) is 11.0. The quantitative estimate of drug-likeness (QED) is 0.334. The lowest BCUT2D eigenvalue weighted by molar-refractivity contribution is 0.253. The van der Waals surface area contributed by atoms with E-state index in [4.69, 9.17) is 11.6 Å². The smallest absolute Gasteiger partial charge is 0.0406 e. The largest absolute Gasteiger partial charge is 0.0843 e. The van der Waals surface area contributed by atoms with E-state index in [0.29, 0.717) is 0 Å². The Bertz CT molecular complexity index is 914. The molecule has 1 aliphatic carbocycles. The highest BCUT2D eigenvalue weighted by Gasteiger charge is 2.20. The monoisotopic (exact) mass is 430 g/mol. The first-order valence-electron chi connectivity index (χ1n) is 12.1. The first kappa shape index (κ1) is 22.2. The molecule has 0 amide bonds. The zero-order valence-electron chi connectivity index (χ0n) is 18.8. The van der Waals surface area contributed by atoms with Crippen LogP contribution in [-0.2, 0) is 19.3 Å². The van der Waals surface area contributed by atoms with Crippen LogP contribution in [0, 0.1) is 11.8 Å². The molecule has 0 unspecified atom stereocenters. The van der Waals surface area contributed by atoms with E-state index < -0.39 is 0 Å². The Hall–Kier alpha value is -2.05. The summed E-state index contributed by atoms with van der Waals surface area (Å²) in [6.45, 7) is 2.23. The highest BCUT2D eigenvalue weighted by atomic mass is 35.5. The number of aryl methyl sites for hydroxylation is 3. The van der Waals surface area contributed by atoms with Gasteiger partial charge in [0.2, 0.25) is 0 Å². The summed E-state index contributed by atoms with van der Waals surface area (Å²) in [6, 6.07) is 26.5. The van der Waals surface area contributed by atoms with E-state index in [1.807, 2.05) is 12.1 Å². The van der Waals surface area contributed by atoms with E-state index >= 15 is 0 Å². The summed E-state index contributed by atoms with van der Waals surface area (Å²) >= 11 is 6.00. The van der Waals surface area contributed by atoms with E-state index in [1.165, 1.54) is 79.2 Å². The molecule has 0 aliphatic heterocycles. The molecule has 1 aliphatic rings. The maximum atomic E-state index is 6.00. The maximum absolute atomic E-state index is 6.00. The highest BCUT2D eigenvalue weighted by Crippen LogP contribution is 2.34. The molecule has 0 aromatic heterocycles. The Morgan fingerprint density at radius 3 is 1.42 bits per heavy atom. The van der Waals surface area contributed by atoms with Crippen molar-refractivity contribution in [2.75, 3.05) is 0 Å². The summed E-state index contributed by atoms with van der Waals surface area (Å²) in [4.78, 5) is 0. The molecule has 0 bridgehead atoms. The molecular weight excluding hydrogens is 396 g/mol. The first-order valence-corrected chi connectivity index (χ1v) is 12.5. The number of benzene rings is 3. The van der Waals surface area contributed by atoms with Crippen LogP contribution in [-0.4, -0.2) is 0 Å². The van der Waals surface area contributed by atoms with Gasteiger partial charge >= 0.3 is 0 Å². The van der Waals surface area contributed by atoms with Crippen molar-refractivity contribution in [1.82, 2.24) is 0 Å². The number of halogens is 1. The molecule has 1 saturated carbocycles. The third kappa shape index (κ3) is 6.47. The fourth-order valence-corrected chi connectivity index (χ4v) is 5.12. The number of hydrogen-bond donors (Lipinski definition) is 0. The summed E-state index contributed by atoms with van der Waals surface area (Å²) in [5, 5.41) is 0.792. The van der Waals surface area contributed by atoms with Gasteiger partial charge in [-0.15, -0.1) is 0 Å². The molecule has 0 spiro atoms. The van der Waals surface area contributed by atoms with Gasteiger partial charge in [0.15, 0.2) is 0 Å². The second-order valence-electron chi connectivity index (χ2n) is 9.34. The van der Waals surface area contributed by atoms with Gasteiger partial charge in [-0.3, -0.25) is 0 Å². The molecule has 1 heteroatoms. The lowest BCUT2D eigenvalue weighted by atomic mass is 9.77. The summed E-state index contributed by atoms with van der Waals surface area (Å²) in [5.74, 6) is 1.84. The lowest BCUT2D eigenvalue weighted by Crippen LogP contribution is -2.15. The minimum Gasteiger partial charge on any atom is -0.0843 e. The van der Waals surface area contributed by atoms with E-state index in [-0.39, 0.29) is 0 Å². The molecule has 31 heavy (non-hydrogen) atoms. The van der Waals surface area contributed by atoms with Gasteiger partial charge in [0.25, 0.3) is 0 Å². The van der Waals surface area contributed by atoms with Crippen molar-refractivity contribution in [1.29, 1.82) is 0 Å². The van der Waals surface area contributed by atoms with Crippen LogP contribution in [0.2, 0.25) is 5.02 Å². The Morgan fingerprint density at radius 2 is 0.968 bits per heavy atom. The van der Waals surface area contributed by atoms with Crippen LogP contribution in [0.5, 0.6) is 0 Å². The van der Waals surface area contributed by atoms with Crippen molar-refractivity contribution in [3.8, 4) is 11.1 Å². The van der Waals surface area contributed by atoms with Crippen molar-refractivity contribution in [3.63, 3.8) is 0 Å². The number of hydrogen-bond acceptors (Lipinski definition) is 0. The predicted octanol–water partition coefficient (Wildman–Crippen LogP) is 8.94. The SMILES string of the molecule is CCc1ccc(CCC2CCC(CCc3ccc(-c4ccc(Cl)cc4)cc3)CC2)cc1. The van der Waals surface area contributed by atoms with Crippen LogP contribution in [0.15, 0.2) is 72.8 Å². The average Bonchev–Trinajstić information content (AvgIpc) is 2.83. The van der Waals surface area contributed by atoms with E-state index in [2.05, 4.69) is 67.6 Å². The van der Waals surface area contributed by atoms with Crippen molar-refractivity contribution < 1.29 is 0 Å². The van der Waals surface area contributed by atoms with Gasteiger partial charge < -0.3 is 0 Å². The lowest BCUT2D eigenvalue weighted by Gasteiger charge is -2.28. The van der Waals surface area contributed by atoms with Gasteiger partial charge in [-0.05, 0) is 83.9 Å². The van der Waals surface area contributed by atoms with Crippen LogP contribution in [0.4, 0.5) is 0 Å². The van der Waals surface area contributed by atoms with Gasteiger partial charge in [0, 0.05) is 5.02 Å². The molecule has 4 rings (SSSR count). The van der Waals surface area contributed by atoms with Gasteiger partial charge in [-0.1, -0.05) is 105 Å². The topological polar surface area (TPSA) is 0 Å². The van der Waals surface area contributed by atoms with Crippen molar-refractivity contribution in [3.05, 3.63) is 94.5 Å². The number of rotatable bonds is 8. The van der Waals surface area contributed by atoms with Crippen LogP contribution >= 0.6 is 11.6 Å². The molecule has 0 nitrogen and oxygen atoms in total. The zero-order valence-corrected chi connectivity index (χ0v) is 19.6. The second-order valence-corrected chi connectivity index (χ2v) is 9.77. The van der Waals surface area contributed by atoms with Gasteiger partial charge in [-0.25, -0.2) is 0 Å². The van der Waals surface area contributed by atoms with Crippen molar-refractivity contribution >= 4 is 11.6 Å². The van der Waals surface area contributed by atoms with Crippen LogP contribution in [0.1, 0.15) is 62.1 Å². The summed E-state index contributed by atoms with van der Waals surface area (Å²) in [5.41, 5.74) is 6.93. The van der Waals surface area contributed by atoms with E-state index in [9.17, 15) is 0 Å². The molecule has 0 N–H and O–H groups in total. The fourth-order valence-electron chi connectivity index (χ4n) is 5.00. The van der Waals surface area contributed by atoms with Crippen molar-refractivity contribution in [2.24, 2.45) is 11.8 Å². The molecule has 0 heterocycles. The summed E-state index contributed by atoms with van der Waals surface area (Å²) in [6.07, 6.45) is 12.0. The average molecular weight is 431 g/mol. The first-order chi connectivity index (χ1) is 15.2. The Kier molecular flexibility index (Phi) is 7.86. The normalized spacial score (nSPS) is 18.8. The standard InChI is InChI=1S/C30H35Cl/c1-2-23-3-5-24(6-4-23)7-8-25-9-11-26(12-10-25)13-14-27-15-17-28(18-16-27)29-19-21-30(31)22-20-29/h3-6,15-22,25-26H,2,7-14H2,1H3. The third-order valence-electron chi connectivity index (χ3n) is 7.21. The molecular formula is C30H35Cl. The summed E-state index contributed by atoms with van der Waals surface area (Å²) < 4.78 is 0.